The predicted molar refractivity (Wildman–Crippen MR) is 104 cm³/mol. The van der Waals surface area contributed by atoms with Gasteiger partial charge in [-0.1, -0.05) is 12.1 Å². The average molecular weight is 378 g/mol. The van der Waals surface area contributed by atoms with Gasteiger partial charge in [0.15, 0.2) is 18.2 Å². The molecule has 1 aromatic heterocycles. The van der Waals surface area contributed by atoms with Crippen LogP contribution in [0.15, 0.2) is 71.3 Å². The van der Waals surface area contributed by atoms with Gasteiger partial charge in [-0.2, -0.15) is 0 Å². The zero-order valence-electron chi connectivity index (χ0n) is 15.1. The molecule has 7 nitrogen and oxygen atoms in total. The largest absolute Gasteiger partial charge is 0.484 e. The summed E-state index contributed by atoms with van der Waals surface area (Å²) in [6, 6.07) is 16.5. The number of ether oxygens (including phenoxy) is 1. The SMILES string of the molecule is CC(=O)c1cccc(NC(=O)COc2ccc(NC(=O)c3ccco3)cc2)c1. The first-order valence-corrected chi connectivity index (χ1v) is 8.50. The number of furan rings is 1. The van der Waals surface area contributed by atoms with E-state index < -0.39 is 0 Å². The highest BCUT2D eigenvalue weighted by molar-refractivity contribution is 6.02. The highest BCUT2D eigenvalue weighted by Crippen LogP contribution is 2.17. The smallest absolute Gasteiger partial charge is 0.291 e. The van der Waals surface area contributed by atoms with Crippen molar-refractivity contribution in [1.29, 1.82) is 0 Å². The van der Waals surface area contributed by atoms with Gasteiger partial charge in [-0.3, -0.25) is 14.4 Å². The van der Waals surface area contributed by atoms with Gasteiger partial charge in [0.1, 0.15) is 5.75 Å². The summed E-state index contributed by atoms with van der Waals surface area (Å²) in [4.78, 5) is 35.3. The predicted octanol–water partition coefficient (Wildman–Crippen LogP) is 3.75. The fraction of sp³-hybridized carbons (Fsp3) is 0.0952. The second-order valence-electron chi connectivity index (χ2n) is 5.93. The molecule has 0 spiro atoms. The number of benzene rings is 2. The molecule has 1 heterocycles. The lowest BCUT2D eigenvalue weighted by atomic mass is 10.1. The van der Waals surface area contributed by atoms with Gasteiger partial charge in [0, 0.05) is 16.9 Å². The van der Waals surface area contributed by atoms with Crippen molar-refractivity contribution < 1.29 is 23.5 Å². The standard InChI is InChI=1S/C21H18N2O5/c1-14(24)15-4-2-5-17(12-15)22-20(25)13-28-18-9-7-16(8-10-18)23-21(26)19-6-3-11-27-19/h2-12H,13H2,1H3,(H,22,25)(H,23,26). The first-order valence-electron chi connectivity index (χ1n) is 8.50. The number of rotatable bonds is 7. The Labute approximate surface area is 161 Å². The molecule has 0 aliphatic rings. The van der Waals surface area contributed by atoms with Crippen molar-refractivity contribution in [1.82, 2.24) is 0 Å². The second kappa shape index (κ2) is 8.68. The van der Waals surface area contributed by atoms with Crippen LogP contribution in [-0.2, 0) is 4.79 Å². The topological polar surface area (TPSA) is 97.6 Å². The Balaban J connectivity index is 1.50. The minimum Gasteiger partial charge on any atom is -0.484 e. The van der Waals surface area contributed by atoms with E-state index in [-0.39, 0.29) is 30.0 Å². The second-order valence-corrected chi connectivity index (χ2v) is 5.93. The minimum atomic E-state index is -0.356. The monoisotopic (exact) mass is 378 g/mol. The van der Waals surface area contributed by atoms with Gasteiger partial charge in [-0.25, -0.2) is 0 Å². The summed E-state index contributed by atoms with van der Waals surface area (Å²) in [6.45, 7) is 1.27. The van der Waals surface area contributed by atoms with Crippen molar-refractivity contribution in [2.75, 3.05) is 17.2 Å². The molecule has 0 radical (unpaired) electrons. The molecule has 28 heavy (non-hydrogen) atoms. The van der Waals surface area contributed by atoms with Crippen LogP contribution in [0.25, 0.3) is 0 Å². The number of Topliss-reactive ketones (excluding diaryl/α,β-unsaturated/α-hetero) is 1. The van der Waals surface area contributed by atoms with E-state index in [4.69, 9.17) is 9.15 Å². The quantitative estimate of drug-likeness (QED) is 0.610. The molecule has 3 aromatic rings. The van der Waals surface area contributed by atoms with E-state index in [0.29, 0.717) is 22.7 Å². The maximum absolute atomic E-state index is 12.0. The van der Waals surface area contributed by atoms with Crippen molar-refractivity contribution in [2.45, 2.75) is 6.92 Å². The Kier molecular flexibility index (Phi) is 5.86. The first kappa shape index (κ1) is 18.9. The van der Waals surface area contributed by atoms with Crippen molar-refractivity contribution in [3.05, 3.63) is 78.3 Å². The molecule has 0 atom stereocenters. The molecule has 2 aromatic carbocycles. The summed E-state index contributed by atoms with van der Waals surface area (Å²) >= 11 is 0. The molecule has 0 bridgehead atoms. The summed E-state index contributed by atoms with van der Waals surface area (Å²) in [5.41, 5.74) is 1.61. The van der Waals surface area contributed by atoms with Gasteiger partial charge in [-0.15, -0.1) is 0 Å². The lowest BCUT2D eigenvalue weighted by molar-refractivity contribution is -0.118. The average Bonchev–Trinajstić information content (AvgIpc) is 3.23. The Bertz CT molecular complexity index is 978. The van der Waals surface area contributed by atoms with Crippen molar-refractivity contribution >= 4 is 29.0 Å². The Morgan fingerprint density at radius 2 is 1.71 bits per heavy atom. The summed E-state index contributed by atoms with van der Waals surface area (Å²) < 4.78 is 10.5. The van der Waals surface area contributed by atoms with Gasteiger partial charge >= 0.3 is 0 Å². The molecule has 0 saturated carbocycles. The summed E-state index contributed by atoms with van der Waals surface area (Å²) in [5.74, 6) is -0.0946. The molecule has 0 saturated heterocycles. The number of amides is 2. The van der Waals surface area contributed by atoms with Crippen LogP contribution in [0.5, 0.6) is 5.75 Å². The van der Waals surface area contributed by atoms with Gasteiger partial charge in [0.05, 0.1) is 6.26 Å². The molecule has 7 heteroatoms. The number of anilines is 2. The van der Waals surface area contributed by atoms with E-state index in [1.807, 2.05) is 0 Å². The van der Waals surface area contributed by atoms with Crippen LogP contribution in [0, 0.1) is 0 Å². The van der Waals surface area contributed by atoms with E-state index in [9.17, 15) is 14.4 Å². The van der Waals surface area contributed by atoms with Crippen LogP contribution in [0.1, 0.15) is 27.8 Å². The zero-order valence-corrected chi connectivity index (χ0v) is 15.1. The number of ketones is 1. The Hall–Kier alpha value is -3.87. The van der Waals surface area contributed by atoms with Crippen molar-refractivity contribution in [3.63, 3.8) is 0 Å². The minimum absolute atomic E-state index is 0.0772. The zero-order chi connectivity index (χ0) is 19.9. The van der Waals surface area contributed by atoms with Crippen molar-refractivity contribution in [2.24, 2.45) is 0 Å². The van der Waals surface area contributed by atoms with E-state index in [1.54, 1.807) is 60.7 Å². The number of hydrogen-bond acceptors (Lipinski definition) is 5. The number of carbonyl (C=O) groups excluding carboxylic acids is 3. The highest BCUT2D eigenvalue weighted by Gasteiger charge is 2.09. The summed E-state index contributed by atoms with van der Waals surface area (Å²) in [6.07, 6.45) is 1.42. The fourth-order valence-electron chi connectivity index (χ4n) is 2.40. The molecule has 0 aliphatic heterocycles. The lowest BCUT2D eigenvalue weighted by Gasteiger charge is -2.09. The molecular formula is C21H18N2O5. The number of nitrogens with one attached hydrogen (secondary N) is 2. The summed E-state index contributed by atoms with van der Waals surface area (Å²) in [5, 5.41) is 5.37. The fourth-order valence-corrected chi connectivity index (χ4v) is 2.40. The van der Waals surface area contributed by atoms with Gasteiger partial charge < -0.3 is 19.8 Å². The molecule has 142 valence electrons. The van der Waals surface area contributed by atoms with E-state index >= 15 is 0 Å². The maximum Gasteiger partial charge on any atom is 0.291 e. The number of carbonyl (C=O) groups is 3. The van der Waals surface area contributed by atoms with E-state index in [1.165, 1.54) is 13.2 Å². The molecule has 3 rings (SSSR count). The lowest BCUT2D eigenvalue weighted by Crippen LogP contribution is -2.20. The van der Waals surface area contributed by atoms with Gasteiger partial charge in [0.25, 0.3) is 11.8 Å². The van der Waals surface area contributed by atoms with Crippen LogP contribution in [0.4, 0.5) is 11.4 Å². The van der Waals surface area contributed by atoms with Gasteiger partial charge in [-0.05, 0) is 55.5 Å². The molecule has 0 aliphatic carbocycles. The molecular weight excluding hydrogens is 360 g/mol. The van der Waals surface area contributed by atoms with Crippen LogP contribution in [-0.4, -0.2) is 24.2 Å². The molecule has 2 amide bonds. The van der Waals surface area contributed by atoms with Crippen LogP contribution in [0.3, 0.4) is 0 Å². The third-order valence-corrected chi connectivity index (χ3v) is 3.78. The Morgan fingerprint density at radius 1 is 0.929 bits per heavy atom. The maximum atomic E-state index is 12.0. The van der Waals surface area contributed by atoms with Crippen LogP contribution in [0.2, 0.25) is 0 Å². The molecule has 0 unspecified atom stereocenters. The van der Waals surface area contributed by atoms with Crippen molar-refractivity contribution in [3.8, 4) is 5.75 Å². The third-order valence-electron chi connectivity index (χ3n) is 3.78. The van der Waals surface area contributed by atoms with E-state index in [0.717, 1.165) is 0 Å². The summed E-state index contributed by atoms with van der Waals surface area (Å²) in [7, 11) is 0. The Morgan fingerprint density at radius 3 is 2.39 bits per heavy atom. The third kappa shape index (κ3) is 5.07. The first-order chi connectivity index (χ1) is 13.5. The number of hydrogen-bond donors (Lipinski definition) is 2. The molecule has 2 N–H and O–H groups in total. The molecule has 0 fully saturated rings. The normalized spacial score (nSPS) is 10.2. The highest BCUT2D eigenvalue weighted by atomic mass is 16.5. The van der Waals surface area contributed by atoms with Crippen LogP contribution < -0.4 is 15.4 Å². The van der Waals surface area contributed by atoms with Crippen LogP contribution >= 0.6 is 0 Å². The van der Waals surface area contributed by atoms with E-state index in [2.05, 4.69) is 10.6 Å². The van der Waals surface area contributed by atoms with Gasteiger partial charge in [0.2, 0.25) is 0 Å².